The van der Waals surface area contributed by atoms with Crippen molar-refractivity contribution in [2.75, 3.05) is 7.11 Å². The summed E-state index contributed by atoms with van der Waals surface area (Å²) in [5, 5.41) is 0. The van der Waals surface area contributed by atoms with Gasteiger partial charge in [-0.3, -0.25) is 0 Å². The number of carbonyl (C=O) groups excluding carboxylic acids is 1. The van der Waals surface area contributed by atoms with Crippen LogP contribution in [0.1, 0.15) is 17.2 Å². The molecule has 0 aliphatic heterocycles. The van der Waals surface area contributed by atoms with E-state index in [4.69, 9.17) is 6.85 Å². The Morgan fingerprint density at radius 2 is 2.13 bits per heavy atom. The van der Waals surface area contributed by atoms with Gasteiger partial charge in [0, 0.05) is 11.9 Å². The molecule has 3 heteroatoms. The Morgan fingerprint density at radius 3 is 2.80 bits per heavy atom. The maximum atomic E-state index is 11.4. The van der Waals surface area contributed by atoms with Gasteiger partial charge in [0.2, 0.25) is 0 Å². The Bertz CT molecular complexity index is 666. The number of ether oxygens (including phenoxy) is 1. The monoisotopic (exact) mass is 206 g/mol. The fourth-order valence-corrected chi connectivity index (χ4v) is 1.16. The van der Waals surface area contributed by atoms with E-state index in [2.05, 4.69) is 9.72 Å². The molecule has 1 aromatic carbocycles. The van der Waals surface area contributed by atoms with Crippen molar-refractivity contribution >= 4 is 5.97 Å². The molecule has 2 aromatic rings. The van der Waals surface area contributed by atoms with Crippen molar-refractivity contribution in [3.8, 4) is 11.3 Å². The van der Waals surface area contributed by atoms with Crippen LogP contribution >= 0.6 is 0 Å². The molecule has 2 rings (SSSR count). The van der Waals surface area contributed by atoms with Gasteiger partial charge in [-0.15, -0.1) is 0 Å². The number of hydrogen-bond acceptors (Lipinski definition) is 2. The van der Waals surface area contributed by atoms with Crippen LogP contribution in [0, 0.1) is 0 Å². The Kier molecular flexibility index (Phi) is 1.38. The van der Waals surface area contributed by atoms with Crippen molar-refractivity contribution in [2.24, 2.45) is 0 Å². The van der Waals surface area contributed by atoms with Gasteiger partial charge in [-0.05, 0) is 11.6 Å². The highest BCUT2D eigenvalue weighted by Gasteiger charge is 2.08. The molecule has 3 nitrogen and oxygen atoms in total. The molecule has 0 amide bonds. The van der Waals surface area contributed by atoms with Gasteiger partial charge in [-0.1, -0.05) is 30.2 Å². The van der Waals surface area contributed by atoms with Crippen molar-refractivity contribution in [3.63, 3.8) is 0 Å². The van der Waals surface area contributed by atoms with Crippen LogP contribution in [0.25, 0.3) is 11.3 Å². The first-order valence-electron chi connectivity index (χ1n) is 6.72. The van der Waals surface area contributed by atoms with E-state index in [1.165, 1.54) is 19.4 Å². The molecule has 0 radical (unpaired) electrons. The van der Waals surface area contributed by atoms with Gasteiger partial charge >= 0.3 is 5.97 Å². The van der Waals surface area contributed by atoms with Gasteiger partial charge < -0.3 is 9.72 Å². The molecule has 0 fully saturated rings. The minimum absolute atomic E-state index is 0.0196. The second kappa shape index (κ2) is 4.00. The van der Waals surface area contributed by atoms with Crippen LogP contribution in [0.3, 0.4) is 0 Å². The minimum Gasteiger partial charge on any atom is -0.465 e. The zero-order valence-electron chi connectivity index (χ0n) is 13.0. The summed E-state index contributed by atoms with van der Waals surface area (Å²) in [5.41, 5.74) is 0.503. The van der Waals surface area contributed by atoms with Crippen molar-refractivity contribution in [1.82, 2.24) is 4.98 Å². The highest BCUT2D eigenvalue weighted by atomic mass is 16.5. The number of carbonyl (C=O) groups is 1. The lowest BCUT2D eigenvalue weighted by molar-refractivity contribution is 0.0601. The standard InChI is InChI=1S/C12H11NO2/c1-15-12(14)10-7-11(13-8-10)9-5-3-2-4-6-9/h2-8,13H,1H3/i2D,3D,4D,5D,6D. The Hall–Kier alpha value is -2.03. The van der Waals surface area contributed by atoms with Gasteiger partial charge in [0.05, 0.1) is 19.5 Å². The van der Waals surface area contributed by atoms with Gasteiger partial charge in [-0.25, -0.2) is 4.79 Å². The minimum atomic E-state index is -0.570. The van der Waals surface area contributed by atoms with E-state index in [0.29, 0.717) is 0 Å². The average Bonchev–Trinajstić information content (AvgIpc) is 2.92. The van der Waals surface area contributed by atoms with E-state index in [-0.39, 0.29) is 28.9 Å². The van der Waals surface area contributed by atoms with Crippen LogP contribution in [-0.4, -0.2) is 18.1 Å². The summed E-state index contributed by atoms with van der Waals surface area (Å²) >= 11 is 0. The number of methoxy groups -OCH3 is 1. The summed E-state index contributed by atoms with van der Waals surface area (Å²) < 4.78 is 42.9. The molecular weight excluding hydrogens is 190 g/mol. The van der Waals surface area contributed by atoms with Gasteiger partial charge in [0.1, 0.15) is 0 Å². The topological polar surface area (TPSA) is 42.1 Å². The number of rotatable bonds is 2. The largest absolute Gasteiger partial charge is 0.465 e. The van der Waals surface area contributed by atoms with Crippen molar-refractivity contribution in [3.05, 3.63) is 48.0 Å². The Balaban J connectivity index is 2.64. The smallest absolute Gasteiger partial charge is 0.339 e. The van der Waals surface area contributed by atoms with Crippen molar-refractivity contribution in [2.45, 2.75) is 0 Å². The van der Waals surface area contributed by atoms with Crippen LogP contribution in [-0.2, 0) is 4.74 Å². The summed E-state index contributed by atoms with van der Waals surface area (Å²) in [7, 11) is 1.24. The van der Waals surface area contributed by atoms with Crippen LogP contribution in [0.5, 0.6) is 0 Å². The molecule has 0 atom stereocenters. The maximum absolute atomic E-state index is 11.4. The highest BCUT2D eigenvalue weighted by Crippen LogP contribution is 2.18. The third-order valence-corrected chi connectivity index (χ3v) is 1.87. The molecule has 0 spiro atoms. The fourth-order valence-electron chi connectivity index (χ4n) is 1.16. The second-order valence-electron chi connectivity index (χ2n) is 2.79. The Morgan fingerprint density at radius 1 is 1.40 bits per heavy atom. The average molecular weight is 206 g/mol. The predicted molar refractivity (Wildman–Crippen MR) is 57.6 cm³/mol. The highest BCUT2D eigenvalue weighted by molar-refractivity contribution is 5.90. The van der Waals surface area contributed by atoms with Gasteiger partial charge in [0.25, 0.3) is 0 Å². The lowest BCUT2D eigenvalue weighted by atomic mass is 10.1. The first-order valence-corrected chi connectivity index (χ1v) is 4.22. The molecule has 0 saturated heterocycles. The molecule has 1 aromatic heterocycles. The first kappa shape index (κ1) is 5.16. The number of esters is 1. The molecular formula is C12H11NO2. The number of H-pyrrole nitrogens is 1. The van der Waals surface area contributed by atoms with E-state index in [1.54, 1.807) is 0 Å². The second-order valence-corrected chi connectivity index (χ2v) is 2.79. The fraction of sp³-hybridized carbons (Fsp3) is 0.0833. The number of nitrogens with one attached hydrogen (secondary N) is 1. The molecule has 0 aliphatic carbocycles. The summed E-state index contributed by atoms with van der Waals surface area (Å²) in [6, 6.07) is -0.558. The molecule has 15 heavy (non-hydrogen) atoms. The third kappa shape index (κ3) is 1.91. The Labute approximate surface area is 94.7 Å². The number of aromatic nitrogens is 1. The summed E-state index contributed by atoms with van der Waals surface area (Å²) in [6.07, 6.45) is 1.36. The zero-order valence-corrected chi connectivity index (χ0v) is 7.97. The van der Waals surface area contributed by atoms with Gasteiger partial charge in [-0.2, -0.15) is 0 Å². The molecule has 0 aliphatic rings. The molecule has 76 valence electrons. The lowest BCUT2D eigenvalue weighted by Crippen LogP contribution is -1.98. The number of aromatic amines is 1. The van der Waals surface area contributed by atoms with Gasteiger partial charge in [0.15, 0.2) is 0 Å². The van der Waals surface area contributed by atoms with E-state index in [1.807, 2.05) is 0 Å². The summed E-state index contributed by atoms with van der Waals surface area (Å²) in [6.45, 7) is 0. The van der Waals surface area contributed by atoms with Crippen LogP contribution < -0.4 is 0 Å². The van der Waals surface area contributed by atoms with E-state index in [9.17, 15) is 4.79 Å². The maximum Gasteiger partial charge on any atom is 0.339 e. The third-order valence-electron chi connectivity index (χ3n) is 1.87. The zero-order chi connectivity index (χ0) is 15.0. The number of benzene rings is 1. The normalized spacial score (nSPS) is 14.6. The molecule has 0 saturated carbocycles. The van der Waals surface area contributed by atoms with Crippen LogP contribution in [0.15, 0.2) is 42.5 Å². The molecule has 1 N–H and O–H groups in total. The van der Waals surface area contributed by atoms with Crippen LogP contribution in [0.2, 0.25) is 0 Å². The lowest BCUT2D eigenvalue weighted by Gasteiger charge is -1.95. The summed E-state index contributed by atoms with van der Waals surface area (Å²) in [4.78, 5) is 14.1. The van der Waals surface area contributed by atoms with Crippen molar-refractivity contribution in [1.29, 1.82) is 0 Å². The van der Waals surface area contributed by atoms with E-state index in [0.717, 1.165) is 0 Å². The SMILES string of the molecule is [2H]c1c([2H])c([2H])c(-c2cc(C(=O)OC)c[nH]2)c([2H])c1[2H]. The first-order chi connectivity index (χ1) is 9.38. The molecule has 1 heterocycles. The van der Waals surface area contributed by atoms with E-state index >= 15 is 0 Å². The van der Waals surface area contributed by atoms with Crippen LogP contribution in [0.4, 0.5) is 0 Å². The quantitative estimate of drug-likeness (QED) is 0.767. The van der Waals surface area contributed by atoms with E-state index < -0.39 is 24.1 Å². The van der Waals surface area contributed by atoms with Crippen molar-refractivity contribution < 1.29 is 16.4 Å². The predicted octanol–water partition coefficient (Wildman–Crippen LogP) is 2.47. The molecule has 0 unspecified atom stereocenters. The molecule has 0 bridgehead atoms. The number of hydrogen-bond donors (Lipinski definition) is 1. The summed E-state index contributed by atoms with van der Waals surface area (Å²) in [5.74, 6) is -0.570.